The Morgan fingerprint density at radius 3 is 2.57 bits per heavy atom. The van der Waals surface area contributed by atoms with Gasteiger partial charge in [0.25, 0.3) is 0 Å². The molecule has 1 saturated carbocycles. The van der Waals surface area contributed by atoms with Gasteiger partial charge in [-0.2, -0.15) is 18.3 Å². The van der Waals surface area contributed by atoms with Gasteiger partial charge in [-0.3, -0.25) is 4.79 Å². The zero-order valence-electron chi connectivity index (χ0n) is 13.2. The van der Waals surface area contributed by atoms with Crippen LogP contribution in [-0.2, 0) is 18.3 Å². The summed E-state index contributed by atoms with van der Waals surface area (Å²) in [4.78, 5) is 12.3. The second kappa shape index (κ2) is 5.06. The SMILES string of the molecule is CC1(C)CC(=O)c2c(C(F)(F)F)nn(C3(O)C[CH]CCC3)c2C1. The Hall–Kier alpha value is -1.37. The number of fused-ring (bicyclic) bond motifs is 1. The lowest BCUT2D eigenvalue weighted by atomic mass is 9.75. The second-order valence-corrected chi connectivity index (χ2v) is 7.39. The molecule has 1 atom stereocenters. The van der Waals surface area contributed by atoms with Gasteiger partial charge in [0.05, 0.1) is 11.3 Å². The van der Waals surface area contributed by atoms with Crippen molar-refractivity contribution < 1.29 is 23.1 Å². The summed E-state index contributed by atoms with van der Waals surface area (Å²) >= 11 is 0. The highest BCUT2D eigenvalue weighted by Gasteiger charge is 2.48. The molecular weight excluding hydrogens is 309 g/mol. The summed E-state index contributed by atoms with van der Waals surface area (Å²) in [6.07, 6.45) is -0.413. The molecule has 1 aromatic heterocycles. The molecule has 1 fully saturated rings. The lowest BCUT2D eigenvalue weighted by Gasteiger charge is -2.36. The van der Waals surface area contributed by atoms with E-state index in [4.69, 9.17) is 0 Å². The molecule has 1 heterocycles. The highest BCUT2D eigenvalue weighted by Crippen LogP contribution is 2.44. The lowest BCUT2D eigenvalue weighted by molar-refractivity contribution is -0.143. The molecule has 0 aromatic carbocycles. The number of ketones is 1. The van der Waals surface area contributed by atoms with Crippen molar-refractivity contribution in [2.75, 3.05) is 0 Å². The van der Waals surface area contributed by atoms with Crippen LogP contribution in [0.15, 0.2) is 0 Å². The first-order chi connectivity index (χ1) is 10.5. The van der Waals surface area contributed by atoms with Crippen LogP contribution in [0, 0.1) is 11.8 Å². The first-order valence-electron chi connectivity index (χ1n) is 7.80. The van der Waals surface area contributed by atoms with Gasteiger partial charge in [0.15, 0.2) is 17.2 Å². The van der Waals surface area contributed by atoms with Gasteiger partial charge in [-0.1, -0.05) is 13.8 Å². The van der Waals surface area contributed by atoms with E-state index in [1.807, 2.05) is 20.3 Å². The van der Waals surface area contributed by atoms with Gasteiger partial charge in [0.2, 0.25) is 0 Å². The minimum Gasteiger partial charge on any atom is -0.369 e. The number of halogens is 3. The van der Waals surface area contributed by atoms with Crippen molar-refractivity contribution in [3.8, 4) is 0 Å². The summed E-state index contributed by atoms with van der Waals surface area (Å²) in [6.45, 7) is 3.69. The van der Waals surface area contributed by atoms with Crippen LogP contribution < -0.4 is 0 Å². The minimum atomic E-state index is -4.71. The predicted molar refractivity (Wildman–Crippen MR) is 76.6 cm³/mol. The Morgan fingerprint density at radius 1 is 1.30 bits per heavy atom. The van der Waals surface area contributed by atoms with Gasteiger partial charge in [-0.05, 0) is 43.9 Å². The predicted octanol–water partition coefficient (Wildman–Crippen LogP) is 3.48. The molecule has 7 heteroatoms. The maximum atomic E-state index is 13.3. The molecule has 23 heavy (non-hydrogen) atoms. The quantitative estimate of drug-likeness (QED) is 0.858. The van der Waals surface area contributed by atoms with Crippen molar-refractivity contribution in [2.24, 2.45) is 5.41 Å². The highest BCUT2D eigenvalue weighted by atomic mass is 19.4. The minimum absolute atomic E-state index is 0.0549. The van der Waals surface area contributed by atoms with Crippen LogP contribution in [0.3, 0.4) is 0 Å². The summed E-state index contributed by atoms with van der Waals surface area (Å²) in [6, 6.07) is 0. The van der Waals surface area contributed by atoms with E-state index in [2.05, 4.69) is 5.10 Å². The molecule has 0 amide bonds. The average Bonchev–Trinajstić information content (AvgIpc) is 2.78. The van der Waals surface area contributed by atoms with Crippen molar-refractivity contribution in [1.82, 2.24) is 9.78 Å². The van der Waals surface area contributed by atoms with Crippen molar-refractivity contribution in [1.29, 1.82) is 0 Å². The number of carbonyl (C=O) groups is 1. The fourth-order valence-electron chi connectivity index (χ4n) is 3.65. The number of alkyl halides is 3. The zero-order valence-corrected chi connectivity index (χ0v) is 13.2. The Kier molecular flexibility index (Phi) is 3.63. The molecule has 4 nitrogen and oxygen atoms in total. The smallest absolute Gasteiger partial charge is 0.369 e. The van der Waals surface area contributed by atoms with E-state index in [9.17, 15) is 23.1 Å². The third kappa shape index (κ3) is 2.79. The number of carbonyl (C=O) groups excluding carboxylic acids is 1. The molecule has 1 radical (unpaired) electrons. The number of hydrogen-bond donors (Lipinski definition) is 1. The summed E-state index contributed by atoms with van der Waals surface area (Å²) in [5, 5.41) is 14.5. The second-order valence-electron chi connectivity index (χ2n) is 7.39. The Labute approximate surface area is 132 Å². The number of hydrogen-bond acceptors (Lipinski definition) is 3. The first kappa shape index (κ1) is 16.5. The van der Waals surface area contributed by atoms with E-state index in [0.717, 1.165) is 11.1 Å². The van der Waals surface area contributed by atoms with E-state index < -0.39 is 28.8 Å². The fraction of sp³-hybridized carbons (Fsp3) is 0.688. The highest BCUT2D eigenvalue weighted by molar-refractivity contribution is 6.00. The third-order valence-corrected chi connectivity index (χ3v) is 4.66. The Balaban J connectivity index is 2.20. The van der Waals surface area contributed by atoms with Gasteiger partial charge in [0, 0.05) is 6.42 Å². The molecule has 127 valence electrons. The van der Waals surface area contributed by atoms with Gasteiger partial charge in [-0.15, -0.1) is 0 Å². The van der Waals surface area contributed by atoms with Crippen LogP contribution in [0.25, 0.3) is 0 Å². The monoisotopic (exact) mass is 329 g/mol. The van der Waals surface area contributed by atoms with Crippen molar-refractivity contribution in [3.63, 3.8) is 0 Å². The topological polar surface area (TPSA) is 55.1 Å². The lowest BCUT2D eigenvalue weighted by Crippen LogP contribution is -2.40. The maximum Gasteiger partial charge on any atom is 0.435 e. The molecule has 0 bridgehead atoms. The number of aliphatic hydroxyl groups is 1. The normalized spacial score (nSPS) is 23.7. The standard InChI is InChI=1S/C16H20F3N2O2/c1-14(2)8-10-12(11(22)9-14)13(16(17,18)19)20-21(10)15(23)6-4-3-5-7-15/h4,23H,3,5-9H2,1-2H3. The first-order valence-corrected chi connectivity index (χ1v) is 7.80. The fourth-order valence-corrected chi connectivity index (χ4v) is 3.65. The molecular formula is C16H20F3N2O2. The van der Waals surface area contributed by atoms with Crippen LogP contribution in [0.2, 0.25) is 0 Å². The Morgan fingerprint density at radius 2 is 2.00 bits per heavy atom. The summed E-state index contributed by atoms with van der Waals surface area (Å²) in [5.41, 5.74) is -3.21. The molecule has 1 N–H and O–H groups in total. The van der Waals surface area contributed by atoms with Gasteiger partial charge in [-0.25, -0.2) is 4.68 Å². The van der Waals surface area contributed by atoms with E-state index in [0.29, 0.717) is 19.3 Å². The molecule has 1 aromatic rings. The van der Waals surface area contributed by atoms with Crippen LogP contribution in [0.4, 0.5) is 13.2 Å². The van der Waals surface area contributed by atoms with Crippen LogP contribution in [0.5, 0.6) is 0 Å². The Bertz CT molecular complexity index is 640. The molecule has 3 rings (SSSR count). The average molecular weight is 329 g/mol. The van der Waals surface area contributed by atoms with Gasteiger partial charge in [0.1, 0.15) is 0 Å². The zero-order chi connectivity index (χ0) is 17.0. The van der Waals surface area contributed by atoms with Crippen LogP contribution >= 0.6 is 0 Å². The van der Waals surface area contributed by atoms with Crippen LogP contribution in [-0.4, -0.2) is 20.7 Å². The van der Waals surface area contributed by atoms with Crippen molar-refractivity contribution in [3.05, 3.63) is 23.4 Å². The number of aromatic nitrogens is 2. The molecule has 0 aliphatic heterocycles. The van der Waals surface area contributed by atoms with Crippen molar-refractivity contribution in [2.45, 2.75) is 64.3 Å². The summed E-state index contributed by atoms with van der Waals surface area (Å²) < 4.78 is 41.1. The van der Waals surface area contributed by atoms with Crippen LogP contribution in [0.1, 0.15) is 67.7 Å². The number of nitrogens with zero attached hydrogens (tertiary/aromatic N) is 2. The van der Waals surface area contributed by atoms with E-state index in [1.54, 1.807) is 0 Å². The molecule has 2 aliphatic rings. The van der Waals surface area contributed by atoms with E-state index in [-0.39, 0.29) is 24.1 Å². The summed E-state index contributed by atoms with van der Waals surface area (Å²) in [7, 11) is 0. The number of rotatable bonds is 1. The molecule has 0 spiro atoms. The molecule has 0 saturated heterocycles. The maximum absolute atomic E-state index is 13.3. The van der Waals surface area contributed by atoms with Gasteiger partial charge >= 0.3 is 6.18 Å². The largest absolute Gasteiger partial charge is 0.435 e. The van der Waals surface area contributed by atoms with E-state index in [1.165, 1.54) is 0 Å². The van der Waals surface area contributed by atoms with E-state index >= 15 is 0 Å². The molecule has 2 aliphatic carbocycles. The molecule has 1 unspecified atom stereocenters. The van der Waals surface area contributed by atoms with Gasteiger partial charge < -0.3 is 5.11 Å². The third-order valence-electron chi connectivity index (χ3n) is 4.66. The number of Topliss-reactive ketones (excluding diaryl/α,β-unsaturated/α-hetero) is 1. The van der Waals surface area contributed by atoms with Crippen molar-refractivity contribution >= 4 is 5.78 Å². The summed E-state index contributed by atoms with van der Waals surface area (Å²) in [5.74, 6) is -0.543.